The van der Waals surface area contributed by atoms with E-state index >= 15 is 0 Å². The third-order valence-corrected chi connectivity index (χ3v) is 5.54. The summed E-state index contributed by atoms with van der Waals surface area (Å²) in [6, 6.07) is 7.42. The second kappa shape index (κ2) is 6.11. The van der Waals surface area contributed by atoms with E-state index in [0.29, 0.717) is 13.2 Å². The topological polar surface area (TPSA) is 55.8 Å². The van der Waals surface area contributed by atoms with Gasteiger partial charge in [0, 0.05) is 12.6 Å². The first-order valence-corrected chi connectivity index (χ1v) is 8.34. The lowest BCUT2D eigenvalue weighted by Crippen LogP contribution is -2.48. The highest BCUT2D eigenvalue weighted by Crippen LogP contribution is 2.28. The van der Waals surface area contributed by atoms with Crippen LogP contribution in [0.1, 0.15) is 25.5 Å². The molecule has 0 radical (unpaired) electrons. The largest absolute Gasteiger partial charge is 0.497 e. The van der Waals surface area contributed by atoms with E-state index in [1.165, 1.54) is 0 Å². The first kappa shape index (κ1) is 15.3. The Morgan fingerprint density at radius 2 is 2.00 bits per heavy atom. The summed E-state index contributed by atoms with van der Waals surface area (Å²) >= 11 is 0. The van der Waals surface area contributed by atoms with E-state index in [1.807, 2.05) is 31.2 Å². The maximum atomic E-state index is 12.1. The zero-order valence-corrected chi connectivity index (χ0v) is 12.9. The van der Waals surface area contributed by atoms with Crippen LogP contribution in [0.3, 0.4) is 0 Å². The summed E-state index contributed by atoms with van der Waals surface area (Å²) in [5, 5.41) is 0. The predicted molar refractivity (Wildman–Crippen MR) is 77.3 cm³/mol. The van der Waals surface area contributed by atoms with Crippen molar-refractivity contribution in [3.8, 4) is 5.75 Å². The van der Waals surface area contributed by atoms with E-state index in [4.69, 9.17) is 9.47 Å². The Bertz CT molecular complexity index is 541. The molecule has 1 aliphatic heterocycles. The molecule has 1 aromatic carbocycles. The second-order valence-electron chi connectivity index (χ2n) is 4.91. The van der Waals surface area contributed by atoms with Gasteiger partial charge in [0.15, 0.2) is 0 Å². The Morgan fingerprint density at radius 1 is 1.35 bits per heavy atom. The van der Waals surface area contributed by atoms with Gasteiger partial charge in [-0.05, 0) is 31.5 Å². The molecule has 0 amide bonds. The van der Waals surface area contributed by atoms with Crippen molar-refractivity contribution < 1.29 is 17.9 Å². The van der Waals surface area contributed by atoms with Crippen LogP contribution >= 0.6 is 0 Å². The number of morpholine rings is 1. The average molecular weight is 299 g/mol. The maximum Gasteiger partial charge on any atom is 0.214 e. The van der Waals surface area contributed by atoms with Gasteiger partial charge in [0.2, 0.25) is 10.0 Å². The van der Waals surface area contributed by atoms with Gasteiger partial charge in [-0.2, -0.15) is 4.31 Å². The van der Waals surface area contributed by atoms with Crippen molar-refractivity contribution in [1.29, 1.82) is 0 Å². The molecule has 2 atom stereocenters. The van der Waals surface area contributed by atoms with E-state index < -0.39 is 10.0 Å². The molecule has 20 heavy (non-hydrogen) atoms. The fourth-order valence-electron chi connectivity index (χ4n) is 2.31. The van der Waals surface area contributed by atoms with E-state index in [-0.39, 0.29) is 17.9 Å². The van der Waals surface area contributed by atoms with Gasteiger partial charge in [0.1, 0.15) is 5.75 Å². The fraction of sp³-hybridized carbons (Fsp3) is 0.571. The zero-order valence-electron chi connectivity index (χ0n) is 12.1. The molecule has 0 aromatic heterocycles. The van der Waals surface area contributed by atoms with Crippen molar-refractivity contribution in [2.45, 2.75) is 26.0 Å². The lowest BCUT2D eigenvalue weighted by atomic mass is 10.1. The number of ether oxygens (including phenoxy) is 2. The molecule has 1 fully saturated rings. The summed E-state index contributed by atoms with van der Waals surface area (Å²) in [5.74, 6) is 0.892. The molecule has 1 aliphatic rings. The predicted octanol–water partition coefficient (Wildman–Crippen LogP) is 1.81. The molecule has 1 aromatic rings. The maximum absolute atomic E-state index is 12.1. The van der Waals surface area contributed by atoms with Crippen LogP contribution in [0.25, 0.3) is 0 Å². The van der Waals surface area contributed by atoms with Gasteiger partial charge in [-0.15, -0.1) is 0 Å². The molecule has 2 unspecified atom stereocenters. The van der Waals surface area contributed by atoms with Gasteiger partial charge in [-0.1, -0.05) is 12.1 Å². The van der Waals surface area contributed by atoms with Crippen molar-refractivity contribution in [3.63, 3.8) is 0 Å². The van der Waals surface area contributed by atoms with Crippen LogP contribution in [0.4, 0.5) is 0 Å². The van der Waals surface area contributed by atoms with Crippen LogP contribution in [0.2, 0.25) is 0 Å². The monoisotopic (exact) mass is 299 g/mol. The third-order valence-electron chi connectivity index (χ3n) is 3.59. The van der Waals surface area contributed by atoms with Crippen LogP contribution in [-0.2, 0) is 14.8 Å². The van der Waals surface area contributed by atoms with E-state index in [1.54, 1.807) is 18.3 Å². The minimum Gasteiger partial charge on any atom is -0.497 e. The molecule has 0 bridgehead atoms. The SMILES string of the molecule is CCS(=O)(=O)N1CC(c2ccc(OC)cc2)OCC1C. The minimum atomic E-state index is -3.20. The van der Waals surface area contributed by atoms with Crippen LogP contribution in [0, 0.1) is 0 Å². The number of methoxy groups -OCH3 is 1. The van der Waals surface area contributed by atoms with Crippen molar-refractivity contribution in [3.05, 3.63) is 29.8 Å². The van der Waals surface area contributed by atoms with E-state index in [0.717, 1.165) is 11.3 Å². The second-order valence-corrected chi connectivity index (χ2v) is 7.12. The highest BCUT2D eigenvalue weighted by atomic mass is 32.2. The molecule has 0 saturated carbocycles. The normalized spacial score (nSPS) is 24.6. The first-order chi connectivity index (χ1) is 9.47. The number of rotatable bonds is 4. The molecule has 0 N–H and O–H groups in total. The molecule has 112 valence electrons. The minimum absolute atomic E-state index is 0.116. The van der Waals surface area contributed by atoms with Crippen LogP contribution in [0.5, 0.6) is 5.75 Å². The fourth-order valence-corrected chi connectivity index (χ4v) is 3.61. The van der Waals surface area contributed by atoms with Gasteiger partial charge in [0.05, 0.1) is 25.6 Å². The Morgan fingerprint density at radius 3 is 2.55 bits per heavy atom. The van der Waals surface area contributed by atoms with Gasteiger partial charge in [-0.25, -0.2) is 8.42 Å². The van der Waals surface area contributed by atoms with Gasteiger partial charge in [0.25, 0.3) is 0 Å². The number of nitrogens with zero attached hydrogens (tertiary/aromatic N) is 1. The highest BCUT2D eigenvalue weighted by molar-refractivity contribution is 7.89. The molecule has 6 heteroatoms. The molecule has 2 rings (SSSR count). The number of hydrogen-bond donors (Lipinski definition) is 0. The van der Waals surface area contributed by atoms with Gasteiger partial charge >= 0.3 is 0 Å². The van der Waals surface area contributed by atoms with Crippen LogP contribution in [0.15, 0.2) is 24.3 Å². The highest BCUT2D eigenvalue weighted by Gasteiger charge is 2.34. The molecular formula is C14H21NO4S. The molecule has 0 aliphatic carbocycles. The molecule has 1 heterocycles. The summed E-state index contributed by atoms with van der Waals surface area (Å²) in [5.41, 5.74) is 0.967. The lowest BCUT2D eigenvalue weighted by Gasteiger charge is -2.37. The average Bonchev–Trinajstić information content (AvgIpc) is 2.47. The summed E-state index contributed by atoms with van der Waals surface area (Å²) in [4.78, 5) is 0. The van der Waals surface area contributed by atoms with Crippen LogP contribution < -0.4 is 4.74 Å². The van der Waals surface area contributed by atoms with Gasteiger partial charge < -0.3 is 9.47 Å². The Balaban J connectivity index is 2.18. The van der Waals surface area contributed by atoms with Crippen molar-refractivity contribution in [1.82, 2.24) is 4.31 Å². The molecule has 0 spiro atoms. The summed E-state index contributed by atoms with van der Waals surface area (Å²) in [6.07, 6.45) is -0.224. The van der Waals surface area contributed by atoms with E-state index in [2.05, 4.69) is 0 Å². The molecular weight excluding hydrogens is 278 g/mol. The quantitative estimate of drug-likeness (QED) is 0.851. The number of hydrogen-bond acceptors (Lipinski definition) is 4. The Kier molecular flexibility index (Phi) is 4.67. The third kappa shape index (κ3) is 3.13. The van der Waals surface area contributed by atoms with Crippen LogP contribution in [-0.4, -0.2) is 44.8 Å². The number of sulfonamides is 1. The molecule has 1 saturated heterocycles. The van der Waals surface area contributed by atoms with Crippen molar-refractivity contribution in [2.24, 2.45) is 0 Å². The Labute approximate surface area is 120 Å². The van der Waals surface area contributed by atoms with E-state index in [9.17, 15) is 8.42 Å². The summed E-state index contributed by atoms with van der Waals surface area (Å²) in [6.45, 7) is 4.32. The standard InChI is InChI=1S/C14H21NO4S/c1-4-20(16,17)15-9-14(19-10-11(15)2)12-5-7-13(18-3)8-6-12/h5-8,11,14H,4,9-10H2,1-3H3. The lowest BCUT2D eigenvalue weighted by molar-refractivity contribution is -0.0288. The van der Waals surface area contributed by atoms with Crippen molar-refractivity contribution >= 4 is 10.0 Å². The zero-order chi connectivity index (χ0) is 14.8. The molecule has 5 nitrogen and oxygen atoms in total. The number of benzene rings is 1. The van der Waals surface area contributed by atoms with Gasteiger partial charge in [-0.3, -0.25) is 0 Å². The summed E-state index contributed by atoms with van der Waals surface area (Å²) in [7, 11) is -1.58. The van der Waals surface area contributed by atoms with Crippen molar-refractivity contribution in [2.75, 3.05) is 26.0 Å². The smallest absolute Gasteiger partial charge is 0.214 e. The summed E-state index contributed by atoms with van der Waals surface area (Å²) < 4.78 is 36.6. The Hall–Kier alpha value is -1.11. The first-order valence-electron chi connectivity index (χ1n) is 6.73.